The van der Waals surface area contributed by atoms with Crippen LogP contribution in [-0.2, 0) is 0 Å². The number of nitrogens with one attached hydrogen (secondary N) is 1. The molecule has 0 spiro atoms. The molecule has 0 radical (unpaired) electrons. The highest BCUT2D eigenvalue weighted by molar-refractivity contribution is 7.08. The van der Waals surface area contributed by atoms with Crippen molar-refractivity contribution in [3.63, 3.8) is 0 Å². The van der Waals surface area contributed by atoms with Crippen molar-refractivity contribution in [2.24, 2.45) is 0 Å². The highest BCUT2D eigenvalue weighted by Crippen LogP contribution is 2.18. The first-order chi connectivity index (χ1) is 5.88. The molecular formula is C8H8N2OS. The van der Waals surface area contributed by atoms with Crippen molar-refractivity contribution < 1.29 is 4.79 Å². The van der Waals surface area contributed by atoms with Gasteiger partial charge in [0.1, 0.15) is 0 Å². The summed E-state index contributed by atoms with van der Waals surface area (Å²) in [5, 5.41) is 6.55. The fraction of sp³-hybridized carbons (Fsp3) is 0.125. The van der Waals surface area contributed by atoms with E-state index in [1.54, 1.807) is 22.4 Å². The maximum absolute atomic E-state index is 11.3. The number of amides is 2. The van der Waals surface area contributed by atoms with Crippen molar-refractivity contribution in [2.45, 2.75) is 0 Å². The molecule has 0 atom stereocenters. The van der Waals surface area contributed by atoms with Gasteiger partial charge in [-0.3, -0.25) is 4.90 Å². The Kier molecular flexibility index (Phi) is 1.83. The van der Waals surface area contributed by atoms with Crippen LogP contribution in [0.25, 0.3) is 0 Å². The number of hydrogen-bond donors (Lipinski definition) is 1. The molecule has 2 heterocycles. The van der Waals surface area contributed by atoms with Crippen LogP contribution in [0.1, 0.15) is 0 Å². The molecule has 4 heteroatoms. The normalized spacial score (nSPS) is 16.3. The molecule has 0 saturated heterocycles. The molecule has 12 heavy (non-hydrogen) atoms. The number of anilines is 1. The molecule has 2 amide bonds. The zero-order chi connectivity index (χ0) is 8.39. The van der Waals surface area contributed by atoms with Gasteiger partial charge in [0.2, 0.25) is 0 Å². The minimum Gasteiger partial charge on any atom is -0.314 e. The fourth-order valence-corrected chi connectivity index (χ4v) is 1.72. The predicted octanol–water partition coefficient (Wildman–Crippen LogP) is 1.79. The second-order valence-electron chi connectivity index (χ2n) is 2.44. The van der Waals surface area contributed by atoms with Crippen LogP contribution in [-0.4, -0.2) is 12.6 Å². The van der Waals surface area contributed by atoms with Crippen LogP contribution in [0.2, 0.25) is 0 Å². The molecule has 0 fully saturated rings. The molecule has 0 unspecified atom stereocenters. The van der Waals surface area contributed by atoms with E-state index in [0.29, 0.717) is 6.54 Å². The van der Waals surface area contributed by atoms with E-state index in [-0.39, 0.29) is 6.03 Å². The number of carbonyl (C=O) groups is 1. The average Bonchev–Trinajstić information content (AvgIpc) is 2.57. The van der Waals surface area contributed by atoms with Gasteiger partial charge < -0.3 is 5.32 Å². The third kappa shape index (κ3) is 1.21. The van der Waals surface area contributed by atoms with Gasteiger partial charge in [0.15, 0.2) is 0 Å². The minimum absolute atomic E-state index is 0.0594. The quantitative estimate of drug-likeness (QED) is 0.702. The molecule has 3 nitrogen and oxygen atoms in total. The molecule has 1 aliphatic rings. The lowest BCUT2D eigenvalue weighted by molar-refractivity contribution is 0.249. The van der Waals surface area contributed by atoms with Crippen LogP contribution in [0.4, 0.5) is 10.5 Å². The Morgan fingerprint density at radius 3 is 3.17 bits per heavy atom. The molecule has 0 bridgehead atoms. The van der Waals surface area contributed by atoms with Crippen LogP contribution in [0.3, 0.4) is 0 Å². The first kappa shape index (κ1) is 7.36. The van der Waals surface area contributed by atoms with Crippen molar-refractivity contribution in [3.05, 3.63) is 29.1 Å². The Balaban J connectivity index is 2.24. The highest BCUT2D eigenvalue weighted by atomic mass is 32.1. The topological polar surface area (TPSA) is 32.3 Å². The molecule has 0 aliphatic carbocycles. The van der Waals surface area contributed by atoms with Crippen molar-refractivity contribution in [2.75, 3.05) is 11.4 Å². The number of carbonyl (C=O) groups excluding carboxylic acids is 1. The second kappa shape index (κ2) is 2.98. The third-order valence-electron chi connectivity index (χ3n) is 1.68. The fourth-order valence-electron chi connectivity index (χ4n) is 1.08. The van der Waals surface area contributed by atoms with Crippen molar-refractivity contribution in [1.29, 1.82) is 0 Å². The molecule has 0 saturated carbocycles. The Bertz CT molecular complexity index is 305. The van der Waals surface area contributed by atoms with Crippen LogP contribution in [0.5, 0.6) is 0 Å². The van der Waals surface area contributed by atoms with Crippen molar-refractivity contribution in [1.82, 2.24) is 5.32 Å². The Labute approximate surface area is 74.3 Å². The predicted molar refractivity (Wildman–Crippen MR) is 49.3 cm³/mol. The van der Waals surface area contributed by atoms with Gasteiger partial charge in [0.05, 0.1) is 5.69 Å². The highest BCUT2D eigenvalue weighted by Gasteiger charge is 2.15. The van der Waals surface area contributed by atoms with Gasteiger partial charge in [-0.1, -0.05) is 0 Å². The number of rotatable bonds is 1. The number of hydrogen-bond acceptors (Lipinski definition) is 2. The van der Waals surface area contributed by atoms with E-state index in [4.69, 9.17) is 0 Å². The molecule has 1 aromatic heterocycles. The zero-order valence-corrected chi connectivity index (χ0v) is 7.17. The van der Waals surface area contributed by atoms with E-state index >= 15 is 0 Å². The summed E-state index contributed by atoms with van der Waals surface area (Å²) in [6.07, 6.45) is 3.59. The second-order valence-corrected chi connectivity index (χ2v) is 3.22. The van der Waals surface area contributed by atoms with Gasteiger partial charge in [-0.15, -0.1) is 0 Å². The summed E-state index contributed by atoms with van der Waals surface area (Å²) in [7, 11) is 0. The van der Waals surface area contributed by atoms with Gasteiger partial charge in [0.25, 0.3) is 0 Å². The Morgan fingerprint density at radius 1 is 1.58 bits per heavy atom. The first-order valence-electron chi connectivity index (χ1n) is 3.63. The number of urea groups is 1. The van der Waals surface area contributed by atoms with Crippen LogP contribution >= 0.6 is 11.3 Å². The maximum Gasteiger partial charge on any atom is 0.326 e. The largest absolute Gasteiger partial charge is 0.326 e. The maximum atomic E-state index is 11.3. The summed E-state index contributed by atoms with van der Waals surface area (Å²) in [6.45, 7) is 0.655. The smallest absolute Gasteiger partial charge is 0.314 e. The molecule has 1 N–H and O–H groups in total. The summed E-state index contributed by atoms with van der Waals surface area (Å²) in [5.41, 5.74) is 0.960. The van der Waals surface area contributed by atoms with E-state index in [1.807, 2.05) is 22.9 Å². The minimum atomic E-state index is -0.0594. The SMILES string of the molecule is O=C1NC=CCN1c1ccsc1. The molecule has 2 rings (SSSR count). The summed E-state index contributed by atoms with van der Waals surface area (Å²) < 4.78 is 0. The first-order valence-corrected chi connectivity index (χ1v) is 4.57. The van der Waals surface area contributed by atoms with Gasteiger partial charge in [-0.05, 0) is 17.5 Å². The van der Waals surface area contributed by atoms with Crippen molar-refractivity contribution in [3.8, 4) is 0 Å². The Morgan fingerprint density at radius 2 is 2.50 bits per heavy atom. The van der Waals surface area contributed by atoms with Crippen LogP contribution in [0.15, 0.2) is 29.1 Å². The molecular weight excluding hydrogens is 172 g/mol. The summed E-state index contributed by atoms with van der Waals surface area (Å²) in [4.78, 5) is 13.0. The van der Waals surface area contributed by atoms with Crippen LogP contribution in [0, 0.1) is 0 Å². The monoisotopic (exact) mass is 180 g/mol. The lowest BCUT2D eigenvalue weighted by atomic mass is 10.4. The van der Waals surface area contributed by atoms with E-state index in [2.05, 4.69) is 5.32 Å². The molecule has 62 valence electrons. The van der Waals surface area contributed by atoms with Gasteiger partial charge in [-0.25, -0.2) is 4.79 Å². The van der Waals surface area contributed by atoms with E-state index in [1.165, 1.54) is 0 Å². The van der Waals surface area contributed by atoms with Crippen molar-refractivity contribution >= 4 is 23.1 Å². The zero-order valence-electron chi connectivity index (χ0n) is 6.36. The molecule has 1 aliphatic heterocycles. The molecule has 0 aromatic carbocycles. The lowest BCUT2D eigenvalue weighted by Crippen LogP contribution is -2.40. The summed E-state index contributed by atoms with van der Waals surface area (Å²) in [6, 6.07) is 1.87. The number of nitrogens with zero attached hydrogens (tertiary/aromatic N) is 1. The number of thiophene rings is 1. The van der Waals surface area contributed by atoms with Gasteiger partial charge >= 0.3 is 6.03 Å². The average molecular weight is 180 g/mol. The van der Waals surface area contributed by atoms with Crippen LogP contribution < -0.4 is 10.2 Å². The summed E-state index contributed by atoms with van der Waals surface area (Å²) >= 11 is 1.59. The summed E-state index contributed by atoms with van der Waals surface area (Å²) in [5.74, 6) is 0. The van der Waals surface area contributed by atoms with E-state index < -0.39 is 0 Å². The molecule has 1 aromatic rings. The van der Waals surface area contributed by atoms with Gasteiger partial charge in [-0.2, -0.15) is 11.3 Å². The Hall–Kier alpha value is -1.29. The van der Waals surface area contributed by atoms with Gasteiger partial charge in [0, 0.05) is 18.1 Å². The third-order valence-corrected chi connectivity index (χ3v) is 2.35. The lowest BCUT2D eigenvalue weighted by Gasteiger charge is -2.22. The van der Waals surface area contributed by atoms with E-state index in [9.17, 15) is 4.79 Å². The van der Waals surface area contributed by atoms with E-state index in [0.717, 1.165) is 5.69 Å². The standard InChI is InChI=1S/C8H8N2OS/c11-8-9-3-1-4-10(8)7-2-5-12-6-7/h1-3,5-6H,4H2,(H,9,11).